The Balaban J connectivity index is 2.75. The quantitative estimate of drug-likeness (QED) is 0.715. The molecule has 1 heterocycles. The molecule has 2 nitrogen and oxygen atoms in total. The fourth-order valence-electron chi connectivity index (χ4n) is 1.30. The van der Waals surface area contributed by atoms with Gasteiger partial charge in [-0.2, -0.15) is 0 Å². The first-order valence-electron chi connectivity index (χ1n) is 4.37. The maximum Gasteiger partial charge on any atom is 0.0334 e. The molecule has 1 aromatic heterocycles. The van der Waals surface area contributed by atoms with Gasteiger partial charge in [-0.25, -0.2) is 0 Å². The lowest BCUT2D eigenvalue weighted by atomic mass is 9.97. The summed E-state index contributed by atoms with van der Waals surface area (Å²) in [5.74, 6) is 0. The Morgan fingerprint density at radius 2 is 2.08 bits per heavy atom. The van der Waals surface area contributed by atoms with Crippen LogP contribution in [-0.2, 0) is 13.1 Å². The van der Waals surface area contributed by atoms with Gasteiger partial charge in [-0.05, 0) is 17.5 Å². The normalized spacial score (nSPS) is 12.0. The molecule has 0 radical (unpaired) electrons. The van der Waals surface area contributed by atoms with E-state index in [-0.39, 0.29) is 0 Å². The Morgan fingerprint density at radius 3 is 2.58 bits per heavy atom. The molecule has 1 rings (SSSR count). The van der Waals surface area contributed by atoms with Crippen molar-refractivity contribution in [2.75, 3.05) is 0 Å². The maximum atomic E-state index is 5.59. The highest BCUT2D eigenvalue weighted by Gasteiger charge is 2.11. The van der Waals surface area contributed by atoms with Crippen LogP contribution in [0.15, 0.2) is 18.3 Å². The number of nitrogens with zero attached hydrogens (tertiary/aromatic N) is 1. The first kappa shape index (κ1) is 9.33. The lowest BCUT2D eigenvalue weighted by Crippen LogP contribution is -2.17. The molecule has 0 aromatic carbocycles. The summed E-state index contributed by atoms with van der Waals surface area (Å²) in [6.45, 7) is 8.35. The fraction of sp³-hybridized carbons (Fsp3) is 0.600. The minimum Gasteiger partial charge on any atom is -0.350 e. The number of nitrogens with two attached hydrogens (primary N) is 1. The Morgan fingerprint density at radius 1 is 1.42 bits per heavy atom. The topological polar surface area (TPSA) is 30.9 Å². The molecule has 12 heavy (non-hydrogen) atoms. The van der Waals surface area contributed by atoms with Gasteiger partial charge in [0.05, 0.1) is 0 Å². The molecule has 0 aliphatic heterocycles. The highest BCUT2D eigenvalue weighted by Crippen LogP contribution is 2.17. The van der Waals surface area contributed by atoms with Gasteiger partial charge in [0.15, 0.2) is 0 Å². The van der Waals surface area contributed by atoms with Gasteiger partial charge >= 0.3 is 0 Å². The van der Waals surface area contributed by atoms with Crippen molar-refractivity contribution in [1.29, 1.82) is 0 Å². The molecule has 68 valence electrons. The summed E-state index contributed by atoms with van der Waals surface area (Å²) in [6.07, 6.45) is 2.09. The average Bonchev–Trinajstić information content (AvgIpc) is 2.31. The standard InChI is InChI=1S/C10H18N2/c1-10(2,3)8-12-6-4-5-9(12)7-11/h4-6H,7-8,11H2,1-3H3. The van der Waals surface area contributed by atoms with E-state index in [9.17, 15) is 0 Å². The largest absolute Gasteiger partial charge is 0.350 e. The van der Waals surface area contributed by atoms with Crippen LogP contribution in [0.3, 0.4) is 0 Å². The SMILES string of the molecule is CC(C)(C)Cn1cccc1CN. The van der Waals surface area contributed by atoms with E-state index in [1.165, 1.54) is 5.69 Å². The van der Waals surface area contributed by atoms with Crippen molar-refractivity contribution in [2.24, 2.45) is 11.1 Å². The summed E-state index contributed by atoms with van der Waals surface area (Å²) in [5.41, 5.74) is 7.13. The van der Waals surface area contributed by atoms with Crippen LogP contribution < -0.4 is 5.73 Å². The van der Waals surface area contributed by atoms with Crippen LogP contribution in [0.2, 0.25) is 0 Å². The molecule has 0 spiro atoms. The zero-order valence-electron chi connectivity index (χ0n) is 8.17. The van der Waals surface area contributed by atoms with Gasteiger partial charge in [0.25, 0.3) is 0 Å². The number of hydrogen-bond acceptors (Lipinski definition) is 1. The molecule has 0 unspecified atom stereocenters. The minimum atomic E-state index is 0.322. The third-order valence-electron chi connectivity index (χ3n) is 1.78. The van der Waals surface area contributed by atoms with Crippen LogP contribution in [0.25, 0.3) is 0 Å². The van der Waals surface area contributed by atoms with E-state index < -0.39 is 0 Å². The van der Waals surface area contributed by atoms with Crippen LogP contribution in [0.4, 0.5) is 0 Å². The van der Waals surface area contributed by atoms with E-state index in [0.29, 0.717) is 12.0 Å². The van der Waals surface area contributed by atoms with Crippen molar-refractivity contribution in [3.8, 4) is 0 Å². The molecule has 0 fully saturated rings. The highest BCUT2D eigenvalue weighted by atomic mass is 15.0. The summed E-state index contributed by atoms with van der Waals surface area (Å²) in [4.78, 5) is 0. The van der Waals surface area contributed by atoms with Crippen molar-refractivity contribution >= 4 is 0 Å². The molecule has 0 atom stereocenters. The predicted molar refractivity (Wildman–Crippen MR) is 51.8 cm³/mol. The molecule has 2 N–H and O–H groups in total. The second-order valence-corrected chi connectivity index (χ2v) is 4.39. The Hall–Kier alpha value is -0.760. The van der Waals surface area contributed by atoms with Gasteiger partial charge in [0.2, 0.25) is 0 Å². The van der Waals surface area contributed by atoms with E-state index in [1.807, 2.05) is 6.07 Å². The van der Waals surface area contributed by atoms with Gasteiger partial charge < -0.3 is 10.3 Å². The van der Waals surface area contributed by atoms with Crippen molar-refractivity contribution in [3.05, 3.63) is 24.0 Å². The van der Waals surface area contributed by atoms with E-state index >= 15 is 0 Å². The molecule has 0 saturated heterocycles. The van der Waals surface area contributed by atoms with Crippen LogP contribution in [0, 0.1) is 5.41 Å². The summed E-state index contributed by atoms with van der Waals surface area (Å²) in [5, 5.41) is 0. The Bertz CT molecular complexity index is 243. The van der Waals surface area contributed by atoms with Gasteiger partial charge in [-0.15, -0.1) is 0 Å². The van der Waals surface area contributed by atoms with E-state index in [2.05, 4.69) is 37.6 Å². The molecule has 0 bridgehead atoms. The molecular weight excluding hydrogens is 148 g/mol. The average molecular weight is 166 g/mol. The zero-order chi connectivity index (χ0) is 9.19. The van der Waals surface area contributed by atoms with Crippen molar-refractivity contribution in [3.63, 3.8) is 0 Å². The lowest BCUT2D eigenvalue weighted by molar-refractivity contribution is 0.339. The Labute approximate surface area is 74.4 Å². The maximum absolute atomic E-state index is 5.59. The van der Waals surface area contributed by atoms with Gasteiger partial charge in [-0.3, -0.25) is 0 Å². The van der Waals surface area contributed by atoms with E-state index in [1.54, 1.807) is 0 Å². The van der Waals surface area contributed by atoms with Gasteiger partial charge in [0.1, 0.15) is 0 Å². The number of rotatable bonds is 2. The summed E-state index contributed by atoms with van der Waals surface area (Å²) in [6, 6.07) is 4.12. The van der Waals surface area contributed by atoms with Crippen molar-refractivity contribution in [2.45, 2.75) is 33.9 Å². The van der Waals surface area contributed by atoms with Crippen LogP contribution in [-0.4, -0.2) is 4.57 Å². The minimum absolute atomic E-state index is 0.322. The van der Waals surface area contributed by atoms with E-state index in [4.69, 9.17) is 5.73 Å². The fourth-order valence-corrected chi connectivity index (χ4v) is 1.30. The molecule has 0 aliphatic rings. The Kier molecular flexibility index (Phi) is 2.58. The number of aromatic nitrogens is 1. The third kappa shape index (κ3) is 2.38. The molecule has 0 aliphatic carbocycles. The second-order valence-electron chi connectivity index (χ2n) is 4.39. The van der Waals surface area contributed by atoms with Crippen LogP contribution in [0.1, 0.15) is 26.5 Å². The molecular formula is C10H18N2. The monoisotopic (exact) mass is 166 g/mol. The lowest BCUT2D eigenvalue weighted by Gasteiger charge is -2.20. The number of hydrogen-bond donors (Lipinski definition) is 1. The predicted octanol–water partition coefficient (Wildman–Crippen LogP) is 1.99. The van der Waals surface area contributed by atoms with Gasteiger partial charge in [-0.1, -0.05) is 20.8 Å². The first-order valence-corrected chi connectivity index (χ1v) is 4.37. The summed E-state index contributed by atoms with van der Waals surface area (Å²) >= 11 is 0. The zero-order valence-corrected chi connectivity index (χ0v) is 8.17. The highest BCUT2D eigenvalue weighted by molar-refractivity contribution is 5.06. The summed E-state index contributed by atoms with van der Waals surface area (Å²) < 4.78 is 2.22. The van der Waals surface area contributed by atoms with Crippen molar-refractivity contribution < 1.29 is 0 Å². The first-order chi connectivity index (χ1) is 5.53. The molecule has 2 heteroatoms. The third-order valence-corrected chi connectivity index (χ3v) is 1.78. The van der Waals surface area contributed by atoms with Crippen LogP contribution >= 0.6 is 0 Å². The molecule has 0 saturated carbocycles. The smallest absolute Gasteiger partial charge is 0.0334 e. The van der Waals surface area contributed by atoms with Crippen LogP contribution in [0.5, 0.6) is 0 Å². The second kappa shape index (κ2) is 3.31. The van der Waals surface area contributed by atoms with Crippen molar-refractivity contribution in [1.82, 2.24) is 4.57 Å². The van der Waals surface area contributed by atoms with E-state index in [0.717, 1.165) is 6.54 Å². The van der Waals surface area contributed by atoms with Gasteiger partial charge in [0, 0.05) is 25.0 Å². The summed E-state index contributed by atoms with van der Waals surface area (Å²) in [7, 11) is 0. The molecule has 0 amide bonds. The molecule has 1 aromatic rings.